The second-order valence-electron chi connectivity index (χ2n) is 5.84. The average molecular weight is 273 g/mol. The van der Waals surface area contributed by atoms with E-state index in [1.54, 1.807) is 10.9 Å². The SMILES string of the molecule is Cn1nccc1-c1ccc(NC2COCC2(C)C)nn1. The molecule has 0 amide bonds. The highest BCUT2D eigenvalue weighted by molar-refractivity contribution is 5.55. The van der Waals surface area contributed by atoms with Crippen molar-refractivity contribution in [1.82, 2.24) is 20.0 Å². The molecular weight excluding hydrogens is 254 g/mol. The molecule has 2 aromatic heterocycles. The van der Waals surface area contributed by atoms with Crippen LogP contribution in [-0.4, -0.2) is 39.2 Å². The largest absolute Gasteiger partial charge is 0.379 e. The molecule has 1 aliphatic rings. The van der Waals surface area contributed by atoms with Gasteiger partial charge in [0.1, 0.15) is 11.5 Å². The zero-order valence-electron chi connectivity index (χ0n) is 12.0. The molecule has 3 rings (SSSR count). The van der Waals surface area contributed by atoms with E-state index in [0.717, 1.165) is 23.8 Å². The second-order valence-corrected chi connectivity index (χ2v) is 5.84. The van der Waals surface area contributed by atoms with Crippen LogP contribution in [0.25, 0.3) is 11.4 Å². The fourth-order valence-corrected chi connectivity index (χ4v) is 2.35. The number of nitrogens with zero attached hydrogens (tertiary/aromatic N) is 4. The van der Waals surface area contributed by atoms with Crippen molar-refractivity contribution in [3.05, 3.63) is 24.4 Å². The lowest BCUT2D eigenvalue weighted by Crippen LogP contribution is -2.34. The first kappa shape index (κ1) is 13.1. The summed E-state index contributed by atoms with van der Waals surface area (Å²) in [4.78, 5) is 0. The summed E-state index contributed by atoms with van der Waals surface area (Å²) in [5.74, 6) is 0.777. The number of nitrogens with one attached hydrogen (secondary N) is 1. The molecule has 1 saturated heterocycles. The Balaban J connectivity index is 1.75. The summed E-state index contributed by atoms with van der Waals surface area (Å²) in [6.45, 7) is 5.85. The van der Waals surface area contributed by atoms with Crippen molar-refractivity contribution in [1.29, 1.82) is 0 Å². The number of anilines is 1. The lowest BCUT2D eigenvalue weighted by Gasteiger charge is -2.25. The van der Waals surface area contributed by atoms with Crippen molar-refractivity contribution >= 4 is 5.82 Å². The van der Waals surface area contributed by atoms with E-state index in [0.29, 0.717) is 6.61 Å². The van der Waals surface area contributed by atoms with Crippen LogP contribution in [0.1, 0.15) is 13.8 Å². The highest BCUT2D eigenvalue weighted by atomic mass is 16.5. The summed E-state index contributed by atoms with van der Waals surface area (Å²) in [5, 5.41) is 16.0. The Hall–Kier alpha value is -1.95. The summed E-state index contributed by atoms with van der Waals surface area (Å²) in [6.07, 6.45) is 1.75. The van der Waals surface area contributed by atoms with Gasteiger partial charge in [0.15, 0.2) is 0 Å². The molecular formula is C14H19N5O. The maximum atomic E-state index is 5.52. The molecule has 0 aliphatic carbocycles. The summed E-state index contributed by atoms with van der Waals surface area (Å²) >= 11 is 0. The van der Waals surface area contributed by atoms with Gasteiger partial charge in [0.2, 0.25) is 0 Å². The number of rotatable bonds is 3. The van der Waals surface area contributed by atoms with Gasteiger partial charge in [-0.2, -0.15) is 5.10 Å². The highest BCUT2D eigenvalue weighted by Gasteiger charge is 2.35. The number of hydrogen-bond acceptors (Lipinski definition) is 5. The Bertz CT molecular complexity index is 590. The van der Waals surface area contributed by atoms with Crippen molar-refractivity contribution < 1.29 is 4.74 Å². The summed E-state index contributed by atoms with van der Waals surface area (Å²) < 4.78 is 7.30. The average Bonchev–Trinajstić information content (AvgIpc) is 2.97. The molecule has 0 bridgehead atoms. The van der Waals surface area contributed by atoms with Crippen LogP contribution in [0.3, 0.4) is 0 Å². The molecule has 1 atom stereocenters. The van der Waals surface area contributed by atoms with Gasteiger partial charge in [-0.3, -0.25) is 4.68 Å². The van der Waals surface area contributed by atoms with Crippen molar-refractivity contribution in [3.63, 3.8) is 0 Å². The van der Waals surface area contributed by atoms with E-state index in [1.807, 2.05) is 25.2 Å². The fraction of sp³-hybridized carbons (Fsp3) is 0.500. The van der Waals surface area contributed by atoms with E-state index in [9.17, 15) is 0 Å². The van der Waals surface area contributed by atoms with Crippen LogP contribution in [-0.2, 0) is 11.8 Å². The lowest BCUT2D eigenvalue weighted by molar-refractivity contribution is 0.167. The van der Waals surface area contributed by atoms with Crippen molar-refractivity contribution in [2.24, 2.45) is 12.5 Å². The smallest absolute Gasteiger partial charge is 0.149 e. The second kappa shape index (κ2) is 4.86. The predicted octanol–water partition coefficient (Wildman–Crippen LogP) is 1.71. The highest BCUT2D eigenvalue weighted by Crippen LogP contribution is 2.29. The molecule has 1 unspecified atom stereocenters. The maximum absolute atomic E-state index is 5.52. The van der Waals surface area contributed by atoms with E-state index in [2.05, 4.69) is 34.5 Å². The Morgan fingerprint density at radius 2 is 2.15 bits per heavy atom. The minimum Gasteiger partial charge on any atom is -0.379 e. The van der Waals surface area contributed by atoms with Gasteiger partial charge in [0.25, 0.3) is 0 Å². The molecule has 1 N–H and O–H groups in total. The molecule has 106 valence electrons. The van der Waals surface area contributed by atoms with E-state index >= 15 is 0 Å². The Labute approximate surface area is 118 Å². The minimum atomic E-state index is 0.113. The van der Waals surface area contributed by atoms with E-state index < -0.39 is 0 Å². The van der Waals surface area contributed by atoms with Crippen molar-refractivity contribution in [2.75, 3.05) is 18.5 Å². The third-order valence-electron chi connectivity index (χ3n) is 3.77. The zero-order valence-corrected chi connectivity index (χ0v) is 12.0. The third-order valence-corrected chi connectivity index (χ3v) is 3.77. The molecule has 2 aromatic rings. The van der Waals surface area contributed by atoms with Gasteiger partial charge in [-0.1, -0.05) is 13.8 Å². The van der Waals surface area contributed by atoms with Gasteiger partial charge in [0, 0.05) is 18.7 Å². The molecule has 0 radical (unpaired) electrons. The number of ether oxygens (including phenoxy) is 1. The van der Waals surface area contributed by atoms with Crippen LogP contribution < -0.4 is 5.32 Å². The lowest BCUT2D eigenvalue weighted by atomic mass is 9.88. The Morgan fingerprint density at radius 3 is 2.70 bits per heavy atom. The molecule has 1 fully saturated rings. The number of aromatic nitrogens is 4. The van der Waals surface area contributed by atoms with Crippen LogP contribution in [0, 0.1) is 5.41 Å². The molecule has 0 aromatic carbocycles. The predicted molar refractivity (Wildman–Crippen MR) is 76.2 cm³/mol. The molecule has 20 heavy (non-hydrogen) atoms. The standard InChI is InChI=1S/C14H19N5O/c1-14(2)9-20-8-12(14)16-13-5-4-10(17-18-13)11-6-7-15-19(11)3/h4-7,12H,8-9H2,1-3H3,(H,16,18). The van der Waals surface area contributed by atoms with Crippen LogP contribution in [0.4, 0.5) is 5.82 Å². The zero-order chi connectivity index (χ0) is 14.2. The maximum Gasteiger partial charge on any atom is 0.149 e. The van der Waals surface area contributed by atoms with Crippen molar-refractivity contribution in [3.8, 4) is 11.4 Å². The Morgan fingerprint density at radius 1 is 1.30 bits per heavy atom. The molecule has 1 aliphatic heterocycles. The normalized spacial score (nSPS) is 21.1. The Kier molecular flexibility index (Phi) is 3.17. The summed E-state index contributed by atoms with van der Waals surface area (Å²) in [6, 6.07) is 6.09. The first-order valence-electron chi connectivity index (χ1n) is 6.73. The first-order valence-corrected chi connectivity index (χ1v) is 6.73. The fourth-order valence-electron chi connectivity index (χ4n) is 2.35. The van der Waals surface area contributed by atoms with E-state index in [-0.39, 0.29) is 11.5 Å². The topological polar surface area (TPSA) is 64.9 Å². The van der Waals surface area contributed by atoms with Gasteiger partial charge >= 0.3 is 0 Å². The monoisotopic (exact) mass is 273 g/mol. The van der Waals surface area contributed by atoms with Gasteiger partial charge in [-0.05, 0) is 18.2 Å². The minimum absolute atomic E-state index is 0.113. The number of hydrogen-bond donors (Lipinski definition) is 1. The van der Waals surface area contributed by atoms with E-state index in [1.165, 1.54) is 0 Å². The molecule has 3 heterocycles. The third kappa shape index (κ3) is 2.38. The summed E-state index contributed by atoms with van der Waals surface area (Å²) in [7, 11) is 1.89. The molecule has 6 heteroatoms. The number of aryl methyl sites for hydroxylation is 1. The van der Waals surface area contributed by atoms with Gasteiger partial charge < -0.3 is 10.1 Å². The van der Waals surface area contributed by atoms with Gasteiger partial charge in [-0.15, -0.1) is 10.2 Å². The molecule has 0 spiro atoms. The first-order chi connectivity index (χ1) is 9.56. The molecule has 0 saturated carbocycles. The van der Waals surface area contributed by atoms with Crippen LogP contribution >= 0.6 is 0 Å². The van der Waals surface area contributed by atoms with Gasteiger partial charge in [-0.25, -0.2) is 0 Å². The van der Waals surface area contributed by atoms with Crippen LogP contribution in [0.15, 0.2) is 24.4 Å². The van der Waals surface area contributed by atoms with Gasteiger partial charge in [0.05, 0.1) is 24.9 Å². The van der Waals surface area contributed by atoms with E-state index in [4.69, 9.17) is 4.74 Å². The molecule has 6 nitrogen and oxygen atoms in total. The summed E-state index contributed by atoms with van der Waals surface area (Å²) in [5.41, 5.74) is 1.88. The van der Waals surface area contributed by atoms with Crippen molar-refractivity contribution in [2.45, 2.75) is 19.9 Å². The van der Waals surface area contributed by atoms with Crippen LogP contribution in [0.5, 0.6) is 0 Å². The quantitative estimate of drug-likeness (QED) is 0.922. The van der Waals surface area contributed by atoms with Crippen LogP contribution in [0.2, 0.25) is 0 Å².